The Hall–Kier alpha value is -2.78. The highest BCUT2D eigenvalue weighted by Crippen LogP contribution is 2.45. The first kappa shape index (κ1) is 18.3. The van der Waals surface area contributed by atoms with Crippen molar-refractivity contribution in [3.8, 4) is 11.5 Å². The van der Waals surface area contributed by atoms with E-state index in [0.29, 0.717) is 6.04 Å². The van der Waals surface area contributed by atoms with Crippen LogP contribution in [-0.2, 0) is 0 Å². The van der Waals surface area contributed by atoms with Crippen molar-refractivity contribution < 1.29 is 4.74 Å². The van der Waals surface area contributed by atoms with Crippen LogP contribution in [-0.4, -0.2) is 31.1 Å². The molecule has 1 aliphatic carbocycles. The van der Waals surface area contributed by atoms with E-state index in [1.807, 2.05) is 30.3 Å². The number of piperazine rings is 1. The van der Waals surface area contributed by atoms with Gasteiger partial charge in [-0.05, 0) is 48.6 Å². The predicted molar refractivity (Wildman–Crippen MR) is 119 cm³/mol. The smallest absolute Gasteiger partial charge is 0.150 e. The number of nitrogens with zero attached hydrogens (tertiary/aromatic N) is 2. The predicted octanol–water partition coefficient (Wildman–Crippen LogP) is 5.75. The van der Waals surface area contributed by atoms with E-state index in [-0.39, 0.29) is 0 Å². The highest BCUT2D eigenvalue weighted by molar-refractivity contribution is 5.60. The van der Waals surface area contributed by atoms with Gasteiger partial charge in [0.25, 0.3) is 0 Å². The minimum atomic E-state index is 0.578. The summed E-state index contributed by atoms with van der Waals surface area (Å²) in [5, 5.41) is 0. The fourth-order valence-electron chi connectivity index (χ4n) is 4.50. The lowest BCUT2D eigenvalue weighted by Crippen LogP contribution is -2.48. The first-order chi connectivity index (χ1) is 14.4. The highest BCUT2D eigenvalue weighted by Gasteiger charge is 2.37. The maximum atomic E-state index is 6.20. The number of ether oxygens (including phenoxy) is 1. The topological polar surface area (TPSA) is 15.7 Å². The Morgan fingerprint density at radius 2 is 1.31 bits per heavy atom. The van der Waals surface area contributed by atoms with E-state index >= 15 is 0 Å². The van der Waals surface area contributed by atoms with Crippen LogP contribution < -0.4 is 9.64 Å². The second-order valence-electron chi connectivity index (χ2n) is 8.10. The molecule has 1 unspecified atom stereocenters. The monoisotopic (exact) mass is 384 g/mol. The average molecular weight is 385 g/mol. The molecule has 2 fully saturated rings. The van der Waals surface area contributed by atoms with Crippen LogP contribution in [0.15, 0.2) is 84.9 Å². The van der Waals surface area contributed by atoms with Crippen LogP contribution in [0.3, 0.4) is 0 Å². The summed E-state index contributed by atoms with van der Waals surface area (Å²) in [7, 11) is 0. The summed E-state index contributed by atoms with van der Waals surface area (Å²) in [6.07, 6.45) is 2.74. The van der Waals surface area contributed by atoms with Gasteiger partial charge in [-0.25, -0.2) is 0 Å². The first-order valence-corrected chi connectivity index (χ1v) is 10.7. The van der Waals surface area contributed by atoms with Crippen LogP contribution in [0.25, 0.3) is 0 Å². The standard InChI is InChI=1S/C26H28N2O/c1-3-9-21(10-4-1)26(22-15-16-22)28-19-17-27(18-20-28)24-13-7-8-14-25(24)29-23-11-5-2-6-12-23/h1-14,22,26H,15-20H2. The third-order valence-corrected chi connectivity index (χ3v) is 6.09. The van der Waals surface area contributed by atoms with Gasteiger partial charge in [-0.1, -0.05) is 60.7 Å². The van der Waals surface area contributed by atoms with Gasteiger partial charge in [-0.15, -0.1) is 0 Å². The van der Waals surface area contributed by atoms with Gasteiger partial charge in [0.05, 0.1) is 5.69 Å². The zero-order chi connectivity index (χ0) is 19.5. The van der Waals surface area contributed by atoms with Crippen molar-refractivity contribution in [3.63, 3.8) is 0 Å². The molecular formula is C26H28N2O. The quantitative estimate of drug-likeness (QED) is 0.538. The summed E-state index contributed by atoms with van der Waals surface area (Å²) in [5.41, 5.74) is 2.68. The molecule has 3 aromatic carbocycles. The largest absolute Gasteiger partial charge is 0.455 e. The number of anilines is 1. The van der Waals surface area contributed by atoms with Crippen LogP contribution in [0, 0.1) is 5.92 Å². The van der Waals surface area contributed by atoms with Gasteiger partial charge in [0.15, 0.2) is 5.75 Å². The molecule has 3 aromatic rings. The molecule has 0 aromatic heterocycles. The normalized spacial score (nSPS) is 18.4. The Morgan fingerprint density at radius 3 is 2.00 bits per heavy atom. The van der Waals surface area contributed by atoms with Crippen molar-refractivity contribution in [2.45, 2.75) is 18.9 Å². The Bertz CT molecular complexity index is 916. The first-order valence-electron chi connectivity index (χ1n) is 10.7. The SMILES string of the molecule is c1ccc(Oc2ccccc2N2CCN(C(c3ccccc3)C3CC3)CC2)cc1. The maximum absolute atomic E-state index is 6.20. The second-order valence-corrected chi connectivity index (χ2v) is 8.10. The summed E-state index contributed by atoms with van der Waals surface area (Å²) in [5.74, 6) is 2.66. The summed E-state index contributed by atoms with van der Waals surface area (Å²) in [6, 6.07) is 30.1. The molecule has 0 radical (unpaired) electrons. The Balaban J connectivity index is 1.30. The molecule has 148 valence electrons. The van der Waals surface area contributed by atoms with Crippen LogP contribution >= 0.6 is 0 Å². The molecule has 29 heavy (non-hydrogen) atoms. The lowest BCUT2D eigenvalue weighted by atomic mass is 9.99. The third-order valence-electron chi connectivity index (χ3n) is 6.09. The van der Waals surface area contributed by atoms with Crippen molar-refractivity contribution in [1.82, 2.24) is 4.90 Å². The van der Waals surface area contributed by atoms with Gasteiger partial charge in [0.2, 0.25) is 0 Å². The molecule has 0 N–H and O–H groups in total. The van der Waals surface area contributed by atoms with Crippen LogP contribution in [0.5, 0.6) is 11.5 Å². The zero-order valence-corrected chi connectivity index (χ0v) is 16.8. The highest BCUT2D eigenvalue weighted by atomic mass is 16.5. The number of hydrogen-bond donors (Lipinski definition) is 0. The van der Waals surface area contributed by atoms with Crippen molar-refractivity contribution >= 4 is 5.69 Å². The van der Waals surface area contributed by atoms with E-state index in [2.05, 4.69) is 64.4 Å². The minimum Gasteiger partial charge on any atom is -0.455 e. The van der Waals surface area contributed by atoms with Gasteiger partial charge in [-0.2, -0.15) is 0 Å². The molecule has 3 heteroatoms. The molecule has 0 spiro atoms. The molecule has 0 amide bonds. The third kappa shape index (κ3) is 4.15. The second kappa shape index (κ2) is 8.30. The summed E-state index contributed by atoms with van der Waals surface area (Å²) >= 11 is 0. The van der Waals surface area contributed by atoms with Crippen molar-refractivity contribution in [3.05, 3.63) is 90.5 Å². The molecule has 1 aliphatic heterocycles. The lowest BCUT2D eigenvalue weighted by Gasteiger charge is -2.41. The molecule has 5 rings (SSSR count). The molecule has 1 atom stereocenters. The molecule has 3 nitrogen and oxygen atoms in total. The molecule has 1 saturated heterocycles. The number of para-hydroxylation sites is 3. The van der Waals surface area contributed by atoms with Gasteiger partial charge in [-0.3, -0.25) is 4.90 Å². The molecule has 1 saturated carbocycles. The summed E-state index contributed by atoms with van der Waals surface area (Å²) < 4.78 is 6.20. The molecular weight excluding hydrogens is 356 g/mol. The van der Waals surface area contributed by atoms with Gasteiger partial charge >= 0.3 is 0 Å². The number of benzene rings is 3. The van der Waals surface area contributed by atoms with Crippen molar-refractivity contribution in [2.24, 2.45) is 5.92 Å². The summed E-state index contributed by atoms with van der Waals surface area (Å²) in [4.78, 5) is 5.17. The molecule has 1 heterocycles. The molecule has 0 bridgehead atoms. The van der Waals surface area contributed by atoms with Gasteiger partial charge in [0, 0.05) is 32.2 Å². The van der Waals surface area contributed by atoms with Gasteiger partial charge < -0.3 is 9.64 Å². The van der Waals surface area contributed by atoms with Crippen molar-refractivity contribution in [2.75, 3.05) is 31.1 Å². The molecule has 2 aliphatic rings. The number of hydrogen-bond acceptors (Lipinski definition) is 3. The Kier molecular flexibility index (Phi) is 5.23. The van der Waals surface area contributed by atoms with Crippen LogP contribution in [0.2, 0.25) is 0 Å². The van der Waals surface area contributed by atoms with E-state index < -0.39 is 0 Å². The minimum absolute atomic E-state index is 0.578. The number of rotatable bonds is 6. The zero-order valence-electron chi connectivity index (χ0n) is 16.8. The van der Waals surface area contributed by atoms with Crippen LogP contribution in [0.4, 0.5) is 5.69 Å². The van der Waals surface area contributed by atoms with E-state index in [0.717, 1.165) is 43.6 Å². The fraction of sp³-hybridized carbons (Fsp3) is 0.308. The lowest BCUT2D eigenvalue weighted by molar-refractivity contribution is 0.167. The Labute approximate surface area is 173 Å². The van der Waals surface area contributed by atoms with E-state index in [9.17, 15) is 0 Å². The van der Waals surface area contributed by atoms with Gasteiger partial charge in [0.1, 0.15) is 5.75 Å². The van der Waals surface area contributed by atoms with E-state index in [4.69, 9.17) is 4.74 Å². The maximum Gasteiger partial charge on any atom is 0.150 e. The van der Waals surface area contributed by atoms with Crippen molar-refractivity contribution in [1.29, 1.82) is 0 Å². The summed E-state index contributed by atoms with van der Waals surface area (Å²) in [6.45, 7) is 4.25. The fourth-order valence-corrected chi connectivity index (χ4v) is 4.50. The Morgan fingerprint density at radius 1 is 0.690 bits per heavy atom. The van der Waals surface area contributed by atoms with Crippen LogP contribution in [0.1, 0.15) is 24.4 Å². The average Bonchev–Trinajstić information content (AvgIpc) is 3.62. The van der Waals surface area contributed by atoms with E-state index in [1.54, 1.807) is 0 Å². The van der Waals surface area contributed by atoms with E-state index in [1.165, 1.54) is 24.1 Å².